The van der Waals surface area contributed by atoms with Crippen LogP contribution in [-0.4, -0.2) is 13.7 Å². The second-order valence-electron chi connectivity index (χ2n) is 4.29. The summed E-state index contributed by atoms with van der Waals surface area (Å²) in [5, 5.41) is -0.436. The van der Waals surface area contributed by atoms with Crippen LogP contribution < -0.4 is 5.73 Å². The summed E-state index contributed by atoms with van der Waals surface area (Å²) in [5.41, 5.74) is 6.81. The van der Waals surface area contributed by atoms with Crippen molar-refractivity contribution in [3.05, 3.63) is 28.2 Å². The molecule has 0 radical (unpaired) electrons. The molecular formula is C11H14BrNO2S. The Morgan fingerprint density at radius 1 is 1.31 bits per heavy atom. The topological polar surface area (TPSA) is 60.2 Å². The van der Waals surface area contributed by atoms with Gasteiger partial charge in [-0.05, 0) is 40.4 Å². The van der Waals surface area contributed by atoms with Crippen molar-refractivity contribution in [3.8, 4) is 0 Å². The average molecular weight is 304 g/mol. The van der Waals surface area contributed by atoms with Gasteiger partial charge >= 0.3 is 0 Å². The summed E-state index contributed by atoms with van der Waals surface area (Å²) < 4.78 is 25.2. The molecule has 0 bridgehead atoms. The van der Waals surface area contributed by atoms with Crippen molar-refractivity contribution in [2.75, 3.05) is 0 Å². The predicted octanol–water partition coefficient (Wildman–Crippen LogP) is 2.26. The van der Waals surface area contributed by atoms with Crippen LogP contribution in [0.1, 0.15) is 25.5 Å². The van der Waals surface area contributed by atoms with E-state index in [1.54, 1.807) is 19.1 Å². The minimum Gasteiger partial charge on any atom is -0.324 e. The van der Waals surface area contributed by atoms with Crippen molar-refractivity contribution >= 4 is 25.8 Å². The van der Waals surface area contributed by atoms with Gasteiger partial charge in [0.1, 0.15) is 0 Å². The highest BCUT2D eigenvalue weighted by Gasteiger charge is 2.41. The van der Waals surface area contributed by atoms with E-state index in [0.29, 0.717) is 9.37 Å². The van der Waals surface area contributed by atoms with Crippen LogP contribution in [0.15, 0.2) is 27.6 Å². The number of hydrogen-bond acceptors (Lipinski definition) is 3. The number of hydrogen-bond donors (Lipinski definition) is 1. The molecule has 2 rings (SSSR count). The first-order chi connectivity index (χ1) is 7.37. The van der Waals surface area contributed by atoms with Crippen LogP contribution in [0.3, 0.4) is 0 Å². The van der Waals surface area contributed by atoms with E-state index in [-0.39, 0.29) is 12.0 Å². The number of fused-ring (bicyclic) bond motifs is 1. The van der Waals surface area contributed by atoms with Crippen molar-refractivity contribution in [2.24, 2.45) is 11.7 Å². The van der Waals surface area contributed by atoms with Crippen molar-refractivity contribution < 1.29 is 8.42 Å². The molecule has 1 aliphatic rings. The SMILES string of the molecule is CC1C(N)c2cccc(Br)c2S(=O)(=O)C1C. The van der Waals surface area contributed by atoms with Gasteiger partial charge in [-0.3, -0.25) is 0 Å². The average Bonchev–Trinajstić information content (AvgIpc) is 2.23. The number of nitrogens with two attached hydrogens (primary N) is 1. The van der Waals surface area contributed by atoms with Crippen molar-refractivity contribution in [1.29, 1.82) is 0 Å². The molecule has 1 aromatic rings. The molecular weight excluding hydrogens is 290 g/mol. The third kappa shape index (κ3) is 1.53. The summed E-state index contributed by atoms with van der Waals surface area (Å²) in [6.07, 6.45) is 0. The Balaban J connectivity index is 2.80. The molecule has 0 amide bonds. The molecule has 0 saturated carbocycles. The van der Waals surface area contributed by atoms with Gasteiger partial charge in [0, 0.05) is 10.5 Å². The molecule has 2 N–H and O–H groups in total. The fraction of sp³-hybridized carbons (Fsp3) is 0.455. The molecule has 5 heteroatoms. The van der Waals surface area contributed by atoms with Crippen molar-refractivity contribution in [1.82, 2.24) is 0 Å². The predicted molar refractivity (Wildman–Crippen MR) is 66.9 cm³/mol. The zero-order valence-corrected chi connectivity index (χ0v) is 11.5. The van der Waals surface area contributed by atoms with Crippen LogP contribution in [0.4, 0.5) is 0 Å². The van der Waals surface area contributed by atoms with E-state index < -0.39 is 15.1 Å². The zero-order chi connectivity index (χ0) is 12.1. The number of rotatable bonds is 0. The minimum atomic E-state index is -3.26. The Hall–Kier alpha value is -0.390. The summed E-state index contributed by atoms with van der Waals surface area (Å²) in [7, 11) is -3.26. The maximum absolute atomic E-state index is 12.3. The van der Waals surface area contributed by atoms with Crippen LogP contribution in [0.25, 0.3) is 0 Å². The molecule has 3 atom stereocenters. The van der Waals surface area contributed by atoms with E-state index in [9.17, 15) is 8.42 Å². The van der Waals surface area contributed by atoms with E-state index in [1.807, 2.05) is 13.0 Å². The quantitative estimate of drug-likeness (QED) is 0.800. The van der Waals surface area contributed by atoms with Crippen LogP contribution >= 0.6 is 15.9 Å². The summed E-state index contributed by atoms with van der Waals surface area (Å²) in [6.45, 7) is 3.61. The minimum absolute atomic E-state index is 0.0631. The first-order valence-corrected chi connectivity index (χ1v) is 7.49. The summed E-state index contributed by atoms with van der Waals surface area (Å²) >= 11 is 3.30. The van der Waals surface area contributed by atoms with E-state index in [2.05, 4.69) is 15.9 Å². The van der Waals surface area contributed by atoms with Crippen LogP contribution in [0, 0.1) is 5.92 Å². The zero-order valence-electron chi connectivity index (χ0n) is 9.14. The van der Waals surface area contributed by atoms with Gasteiger partial charge < -0.3 is 5.73 Å². The number of halogens is 1. The fourth-order valence-corrected chi connectivity index (χ4v) is 5.17. The van der Waals surface area contributed by atoms with Crippen LogP contribution in [0.2, 0.25) is 0 Å². The summed E-state index contributed by atoms with van der Waals surface area (Å²) in [6, 6.07) is 5.14. The molecule has 16 heavy (non-hydrogen) atoms. The Morgan fingerprint density at radius 2 is 1.94 bits per heavy atom. The summed E-state index contributed by atoms with van der Waals surface area (Å²) in [4.78, 5) is 0.369. The van der Waals surface area contributed by atoms with Gasteiger partial charge in [0.2, 0.25) is 0 Å². The van der Waals surface area contributed by atoms with E-state index in [1.165, 1.54) is 0 Å². The molecule has 88 valence electrons. The molecule has 1 aromatic carbocycles. The van der Waals surface area contributed by atoms with E-state index in [0.717, 1.165) is 5.56 Å². The lowest BCUT2D eigenvalue weighted by molar-refractivity contribution is 0.424. The second-order valence-corrected chi connectivity index (χ2v) is 7.39. The first-order valence-electron chi connectivity index (χ1n) is 5.15. The highest BCUT2D eigenvalue weighted by atomic mass is 79.9. The van der Waals surface area contributed by atoms with Crippen molar-refractivity contribution in [3.63, 3.8) is 0 Å². The third-order valence-electron chi connectivity index (χ3n) is 3.44. The smallest absolute Gasteiger partial charge is 0.182 e. The Morgan fingerprint density at radius 3 is 2.56 bits per heavy atom. The van der Waals surface area contributed by atoms with Crippen LogP contribution in [-0.2, 0) is 9.84 Å². The second kappa shape index (κ2) is 3.82. The Labute approximate surface area is 104 Å². The molecule has 0 aromatic heterocycles. The van der Waals surface area contributed by atoms with Gasteiger partial charge in [0.25, 0.3) is 0 Å². The van der Waals surface area contributed by atoms with Gasteiger partial charge in [-0.2, -0.15) is 0 Å². The van der Waals surface area contributed by atoms with Crippen LogP contribution in [0.5, 0.6) is 0 Å². The molecule has 1 heterocycles. The highest BCUT2D eigenvalue weighted by molar-refractivity contribution is 9.10. The number of sulfone groups is 1. The number of benzene rings is 1. The molecule has 3 unspecified atom stereocenters. The normalized spacial score (nSPS) is 32.1. The molecule has 0 aliphatic carbocycles. The lowest BCUT2D eigenvalue weighted by Gasteiger charge is -2.33. The van der Waals surface area contributed by atoms with Crippen molar-refractivity contribution in [2.45, 2.75) is 30.0 Å². The Bertz CT molecular complexity index is 527. The third-order valence-corrected chi connectivity index (χ3v) is 6.79. The van der Waals surface area contributed by atoms with Gasteiger partial charge in [0.15, 0.2) is 9.84 Å². The molecule has 0 spiro atoms. The van der Waals surface area contributed by atoms with Gasteiger partial charge in [-0.1, -0.05) is 19.1 Å². The lowest BCUT2D eigenvalue weighted by Crippen LogP contribution is -2.39. The molecule has 1 aliphatic heterocycles. The molecule has 3 nitrogen and oxygen atoms in total. The lowest BCUT2D eigenvalue weighted by atomic mass is 9.92. The fourth-order valence-electron chi connectivity index (χ4n) is 2.13. The maximum atomic E-state index is 12.3. The van der Waals surface area contributed by atoms with Gasteiger partial charge in [-0.15, -0.1) is 0 Å². The van der Waals surface area contributed by atoms with Gasteiger partial charge in [0.05, 0.1) is 10.1 Å². The largest absolute Gasteiger partial charge is 0.324 e. The summed E-state index contributed by atoms with van der Waals surface area (Å²) in [5.74, 6) is -0.0631. The van der Waals surface area contributed by atoms with E-state index in [4.69, 9.17) is 5.73 Å². The molecule has 0 saturated heterocycles. The van der Waals surface area contributed by atoms with Gasteiger partial charge in [-0.25, -0.2) is 8.42 Å². The van der Waals surface area contributed by atoms with E-state index >= 15 is 0 Å². The first kappa shape index (κ1) is 12.1. The maximum Gasteiger partial charge on any atom is 0.182 e. The Kier molecular flexibility index (Phi) is 2.88. The standard InChI is InChI=1S/C11H14BrNO2S/c1-6-7(2)16(14,15)11-8(10(6)13)4-3-5-9(11)12/h3-7,10H,13H2,1-2H3. The highest BCUT2D eigenvalue weighted by Crippen LogP contribution is 2.41. The monoisotopic (exact) mass is 303 g/mol. The molecule has 0 fully saturated rings.